The molecule has 1 unspecified atom stereocenters. The molecular formula is C20H34N2O3. The summed E-state index contributed by atoms with van der Waals surface area (Å²) in [6, 6.07) is 9.35. The number of urea groups is 1. The van der Waals surface area contributed by atoms with Crippen molar-refractivity contribution in [2.75, 3.05) is 20.8 Å². The number of hydrogen-bond donors (Lipinski definition) is 2. The van der Waals surface area contributed by atoms with Gasteiger partial charge in [-0.25, -0.2) is 4.79 Å². The molecule has 0 spiro atoms. The maximum Gasteiger partial charge on any atom is 0.312 e. The van der Waals surface area contributed by atoms with Crippen LogP contribution in [0.3, 0.4) is 0 Å². The molecular weight excluding hydrogens is 316 g/mol. The SMILES string of the molecule is CCCCCCCCC(CNC(N)=O)C(OC)(OC)c1ccccc1. The first-order chi connectivity index (χ1) is 12.1. The zero-order valence-corrected chi connectivity index (χ0v) is 15.9. The number of benzene rings is 1. The average Bonchev–Trinajstić information content (AvgIpc) is 2.63. The number of hydrogen-bond acceptors (Lipinski definition) is 3. The van der Waals surface area contributed by atoms with Gasteiger partial charge in [-0.2, -0.15) is 0 Å². The molecule has 0 saturated carbocycles. The van der Waals surface area contributed by atoms with Gasteiger partial charge in [0.2, 0.25) is 0 Å². The summed E-state index contributed by atoms with van der Waals surface area (Å²) in [7, 11) is 3.30. The number of nitrogens with one attached hydrogen (secondary N) is 1. The fourth-order valence-electron chi connectivity index (χ4n) is 3.38. The lowest BCUT2D eigenvalue weighted by molar-refractivity contribution is -0.250. The summed E-state index contributed by atoms with van der Waals surface area (Å²) in [5.41, 5.74) is 6.23. The fourth-order valence-corrected chi connectivity index (χ4v) is 3.38. The molecule has 1 aromatic rings. The lowest BCUT2D eigenvalue weighted by Crippen LogP contribution is -2.46. The summed E-state index contributed by atoms with van der Waals surface area (Å²) >= 11 is 0. The molecule has 25 heavy (non-hydrogen) atoms. The monoisotopic (exact) mass is 350 g/mol. The van der Waals surface area contributed by atoms with E-state index in [9.17, 15) is 4.79 Å². The van der Waals surface area contributed by atoms with Crippen LogP contribution in [-0.4, -0.2) is 26.8 Å². The molecule has 0 saturated heterocycles. The molecule has 5 nitrogen and oxygen atoms in total. The molecule has 2 amide bonds. The number of ether oxygens (including phenoxy) is 2. The zero-order chi connectivity index (χ0) is 18.5. The van der Waals surface area contributed by atoms with Crippen LogP contribution in [0.5, 0.6) is 0 Å². The van der Waals surface area contributed by atoms with Crippen molar-refractivity contribution in [3.8, 4) is 0 Å². The molecule has 1 rings (SSSR count). The van der Waals surface area contributed by atoms with Crippen LogP contribution in [0.15, 0.2) is 30.3 Å². The van der Waals surface area contributed by atoms with Crippen molar-refractivity contribution >= 4 is 6.03 Å². The van der Waals surface area contributed by atoms with Crippen molar-refractivity contribution in [1.29, 1.82) is 0 Å². The van der Waals surface area contributed by atoms with E-state index in [1.54, 1.807) is 14.2 Å². The Kier molecular flexibility index (Phi) is 10.2. The van der Waals surface area contributed by atoms with Crippen LogP contribution in [0, 0.1) is 5.92 Å². The second-order valence-electron chi connectivity index (χ2n) is 6.44. The van der Waals surface area contributed by atoms with Crippen LogP contribution < -0.4 is 11.1 Å². The largest absolute Gasteiger partial charge is 0.352 e. The minimum absolute atomic E-state index is 0.0245. The summed E-state index contributed by atoms with van der Waals surface area (Å²) in [4.78, 5) is 11.2. The number of nitrogens with two attached hydrogens (primary N) is 1. The van der Waals surface area contributed by atoms with Crippen LogP contribution in [0.2, 0.25) is 0 Å². The van der Waals surface area contributed by atoms with E-state index in [-0.39, 0.29) is 5.92 Å². The molecule has 1 atom stereocenters. The molecule has 0 heterocycles. The number of amides is 2. The van der Waals surface area contributed by atoms with Crippen molar-refractivity contribution in [2.24, 2.45) is 11.7 Å². The third-order valence-corrected chi connectivity index (χ3v) is 4.75. The van der Waals surface area contributed by atoms with E-state index in [4.69, 9.17) is 15.2 Å². The summed E-state index contributed by atoms with van der Waals surface area (Å²) in [6.07, 6.45) is 8.18. The van der Waals surface area contributed by atoms with Crippen LogP contribution >= 0.6 is 0 Å². The Morgan fingerprint density at radius 1 is 1.08 bits per heavy atom. The van der Waals surface area contributed by atoms with Gasteiger partial charge in [0.1, 0.15) is 0 Å². The van der Waals surface area contributed by atoms with Crippen molar-refractivity contribution in [3.05, 3.63) is 35.9 Å². The number of unbranched alkanes of at least 4 members (excludes halogenated alkanes) is 5. The Hall–Kier alpha value is -1.59. The van der Waals surface area contributed by atoms with Gasteiger partial charge in [-0.1, -0.05) is 75.8 Å². The highest BCUT2D eigenvalue weighted by atomic mass is 16.7. The van der Waals surface area contributed by atoms with E-state index in [1.165, 1.54) is 32.1 Å². The van der Waals surface area contributed by atoms with E-state index in [0.29, 0.717) is 6.54 Å². The minimum atomic E-state index is -0.896. The van der Waals surface area contributed by atoms with Crippen LogP contribution in [0.25, 0.3) is 0 Å². The zero-order valence-electron chi connectivity index (χ0n) is 15.9. The predicted octanol–water partition coefficient (Wildman–Crippen LogP) is 4.17. The molecule has 3 N–H and O–H groups in total. The van der Waals surface area contributed by atoms with Gasteiger partial charge in [-0.3, -0.25) is 0 Å². The van der Waals surface area contributed by atoms with Gasteiger partial charge < -0.3 is 20.5 Å². The topological polar surface area (TPSA) is 73.6 Å². The number of rotatable bonds is 13. The maximum atomic E-state index is 11.2. The fraction of sp³-hybridized carbons (Fsp3) is 0.650. The van der Waals surface area contributed by atoms with E-state index in [2.05, 4.69) is 12.2 Å². The van der Waals surface area contributed by atoms with Crippen molar-refractivity contribution < 1.29 is 14.3 Å². The average molecular weight is 351 g/mol. The standard InChI is InChI=1S/C20H34N2O3/c1-4-5-6-7-8-10-15-18(16-22-19(21)23)20(24-2,25-3)17-13-11-9-12-14-17/h9,11-14,18H,4-8,10,15-16H2,1-3H3,(H3,21,22,23). The lowest BCUT2D eigenvalue weighted by atomic mass is 9.86. The van der Waals surface area contributed by atoms with Gasteiger partial charge in [0.05, 0.1) is 0 Å². The normalized spacial score (nSPS) is 12.8. The molecule has 142 valence electrons. The summed E-state index contributed by atoms with van der Waals surface area (Å²) in [6.45, 7) is 2.64. The predicted molar refractivity (Wildman–Crippen MR) is 101 cm³/mol. The van der Waals surface area contributed by atoms with Crippen LogP contribution in [-0.2, 0) is 15.3 Å². The summed E-state index contributed by atoms with van der Waals surface area (Å²) < 4.78 is 11.7. The van der Waals surface area contributed by atoms with Gasteiger partial charge >= 0.3 is 6.03 Å². The minimum Gasteiger partial charge on any atom is -0.352 e. The molecule has 0 aromatic heterocycles. The first-order valence-corrected chi connectivity index (χ1v) is 9.29. The van der Waals surface area contributed by atoms with E-state index >= 15 is 0 Å². The smallest absolute Gasteiger partial charge is 0.312 e. The third kappa shape index (κ3) is 6.67. The van der Waals surface area contributed by atoms with Crippen molar-refractivity contribution in [3.63, 3.8) is 0 Å². The maximum absolute atomic E-state index is 11.2. The summed E-state index contributed by atoms with van der Waals surface area (Å²) in [5, 5.41) is 2.73. The van der Waals surface area contributed by atoms with Crippen molar-refractivity contribution in [2.45, 2.75) is 57.7 Å². The van der Waals surface area contributed by atoms with Crippen LogP contribution in [0.4, 0.5) is 4.79 Å². The molecule has 1 aromatic carbocycles. The first-order valence-electron chi connectivity index (χ1n) is 9.29. The quantitative estimate of drug-likeness (QED) is 0.414. The van der Waals surface area contributed by atoms with E-state index < -0.39 is 11.8 Å². The molecule has 5 heteroatoms. The Bertz CT molecular complexity index is 475. The van der Waals surface area contributed by atoms with Gasteiger partial charge in [0, 0.05) is 32.2 Å². The molecule has 0 aliphatic carbocycles. The number of primary amides is 1. The van der Waals surface area contributed by atoms with Crippen LogP contribution in [0.1, 0.15) is 57.4 Å². The van der Waals surface area contributed by atoms with Gasteiger partial charge in [-0.05, 0) is 6.42 Å². The Morgan fingerprint density at radius 3 is 2.24 bits per heavy atom. The second-order valence-corrected chi connectivity index (χ2v) is 6.44. The number of methoxy groups -OCH3 is 2. The van der Waals surface area contributed by atoms with Crippen molar-refractivity contribution in [1.82, 2.24) is 5.32 Å². The van der Waals surface area contributed by atoms with E-state index in [1.807, 2.05) is 30.3 Å². The summed E-state index contributed by atoms with van der Waals surface area (Å²) in [5.74, 6) is -0.920. The number of carbonyl (C=O) groups excluding carboxylic acids is 1. The lowest BCUT2D eigenvalue weighted by Gasteiger charge is -2.39. The molecule has 0 bridgehead atoms. The Balaban J connectivity index is 2.84. The number of carbonyl (C=O) groups is 1. The Labute approximate surface area is 152 Å². The second kappa shape index (κ2) is 11.9. The van der Waals surface area contributed by atoms with Gasteiger partial charge in [0.25, 0.3) is 0 Å². The highest BCUT2D eigenvalue weighted by Crippen LogP contribution is 2.37. The van der Waals surface area contributed by atoms with Gasteiger partial charge in [0.15, 0.2) is 5.79 Å². The highest BCUT2D eigenvalue weighted by Gasteiger charge is 2.40. The van der Waals surface area contributed by atoms with E-state index in [0.717, 1.165) is 18.4 Å². The highest BCUT2D eigenvalue weighted by molar-refractivity contribution is 5.71. The van der Waals surface area contributed by atoms with Gasteiger partial charge in [-0.15, -0.1) is 0 Å². The molecule has 0 fully saturated rings. The molecule has 0 aliphatic heterocycles. The third-order valence-electron chi connectivity index (χ3n) is 4.75. The Morgan fingerprint density at radius 2 is 1.68 bits per heavy atom. The first kappa shape index (κ1) is 21.5. The molecule has 0 radical (unpaired) electrons. The molecule has 0 aliphatic rings.